The molecule has 0 unspecified atom stereocenters. The van der Waals surface area contributed by atoms with Crippen LogP contribution in [0.1, 0.15) is 49.4 Å². The van der Waals surface area contributed by atoms with E-state index in [-0.39, 0.29) is 18.0 Å². The molecule has 3 N–H and O–H groups in total. The number of amides is 3. The van der Waals surface area contributed by atoms with Crippen LogP contribution in [0.4, 0.5) is 10.5 Å². The Labute approximate surface area is 125 Å². The van der Waals surface area contributed by atoms with Gasteiger partial charge in [-0.1, -0.05) is 19.3 Å². The Hall–Kier alpha value is -2.04. The van der Waals surface area contributed by atoms with E-state index < -0.39 is 0 Å². The predicted molar refractivity (Wildman–Crippen MR) is 83.5 cm³/mol. The van der Waals surface area contributed by atoms with Crippen LogP contribution in [0.25, 0.3) is 0 Å². The van der Waals surface area contributed by atoms with E-state index in [0.717, 1.165) is 12.8 Å². The highest BCUT2D eigenvalue weighted by atomic mass is 16.2. The van der Waals surface area contributed by atoms with Crippen LogP contribution in [0.5, 0.6) is 0 Å². The molecule has 5 heteroatoms. The molecular weight excluding hydrogens is 266 g/mol. The Morgan fingerprint density at radius 3 is 2.38 bits per heavy atom. The molecule has 1 fully saturated rings. The standard InChI is InChI=1S/C16H23N3O2/c1-2-17-15(20)12-8-10-14(11-9-12)19-16(21)18-13-6-4-3-5-7-13/h8-11,13H,2-7H2,1H3,(H,17,20)(H2,18,19,21). The molecule has 114 valence electrons. The number of carbonyl (C=O) groups excluding carboxylic acids is 2. The number of carbonyl (C=O) groups is 2. The van der Waals surface area contributed by atoms with Crippen LogP contribution in [0.2, 0.25) is 0 Å². The molecule has 0 aliphatic heterocycles. The number of benzene rings is 1. The molecule has 5 nitrogen and oxygen atoms in total. The average molecular weight is 289 g/mol. The fourth-order valence-corrected chi connectivity index (χ4v) is 2.57. The molecule has 0 atom stereocenters. The molecule has 0 spiro atoms. The van der Waals surface area contributed by atoms with Crippen LogP contribution < -0.4 is 16.0 Å². The summed E-state index contributed by atoms with van der Waals surface area (Å²) < 4.78 is 0. The quantitative estimate of drug-likeness (QED) is 0.797. The first-order valence-corrected chi connectivity index (χ1v) is 7.65. The maximum atomic E-state index is 11.9. The van der Waals surface area contributed by atoms with Gasteiger partial charge in [0.2, 0.25) is 0 Å². The minimum absolute atomic E-state index is 0.101. The SMILES string of the molecule is CCNC(=O)c1ccc(NC(=O)NC2CCCCC2)cc1. The van der Waals surface area contributed by atoms with E-state index in [4.69, 9.17) is 0 Å². The van der Waals surface area contributed by atoms with Gasteiger partial charge in [-0.05, 0) is 44.0 Å². The van der Waals surface area contributed by atoms with E-state index in [0.29, 0.717) is 17.8 Å². The van der Waals surface area contributed by atoms with Gasteiger partial charge in [0, 0.05) is 23.8 Å². The molecule has 1 aromatic rings. The highest BCUT2D eigenvalue weighted by Gasteiger charge is 2.15. The van der Waals surface area contributed by atoms with Crippen molar-refractivity contribution < 1.29 is 9.59 Å². The second-order valence-electron chi connectivity index (χ2n) is 5.37. The number of urea groups is 1. The summed E-state index contributed by atoms with van der Waals surface area (Å²) in [5, 5.41) is 8.54. The summed E-state index contributed by atoms with van der Waals surface area (Å²) in [6.07, 6.45) is 5.76. The van der Waals surface area contributed by atoms with E-state index in [9.17, 15) is 9.59 Å². The third kappa shape index (κ3) is 4.77. The molecule has 1 aliphatic rings. The summed E-state index contributed by atoms with van der Waals surface area (Å²) in [5.74, 6) is -0.101. The molecule has 0 bridgehead atoms. The summed E-state index contributed by atoms with van der Waals surface area (Å²) in [6.45, 7) is 2.48. The predicted octanol–water partition coefficient (Wildman–Crippen LogP) is 2.89. The first kappa shape index (κ1) is 15.4. The van der Waals surface area contributed by atoms with Gasteiger partial charge in [-0.25, -0.2) is 4.79 Å². The highest BCUT2D eigenvalue weighted by molar-refractivity contribution is 5.95. The van der Waals surface area contributed by atoms with Crippen molar-refractivity contribution in [2.45, 2.75) is 45.1 Å². The first-order chi connectivity index (χ1) is 10.2. The number of hydrogen-bond acceptors (Lipinski definition) is 2. The van der Waals surface area contributed by atoms with Gasteiger partial charge in [-0.2, -0.15) is 0 Å². The topological polar surface area (TPSA) is 70.2 Å². The van der Waals surface area contributed by atoms with Crippen molar-refractivity contribution in [1.82, 2.24) is 10.6 Å². The van der Waals surface area contributed by atoms with Gasteiger partial charge in [0.1, 0.15) is 0 Å². The highest BCUT2D eigenvalue weighted by Crippen LogP contribution is 2.17. The molecule has 21 heavy (non-hydrogen) atoms. The molecule has 3 amide bonds. The summed E-state index contributed by atoms with van der Waals surface area (Å²) in [7, 11) is 0. The smallest absolute Gasteiger partial charge is 0.319 e. The number of hydrogen-bond donors (Lipinski definition) is 3. The van der Waals surface area contributed by atoms with Gasteiger partial charge >= 0.3 is 6.03 Å². The summed E-state index contributed by atoms with van der Waals surface area (Å²) in [5.41, 5.74) is 1.28. The molecule has 2 rings (SSSR count). The van der Waals surface area contributed by atoms with Crippen molar-refractivity contribution in [3.8, 4) is 0 Å². The lowest BCUT2D eigenvalue weighted by molar-refractivity contribution is 0.0956. The second kappa shape index (κ2) is 7.67. The molecule has 1 aromatic carbocycles. The maximum absolute atomic E-state index is 11.9. The fraction of sp³-hybridized carbons (Fsp3) is 0.500. The zero-order chi connectivity index (χ0) is 15.1. The van der Waals surface area contributed by atoms with Crippen molar-refractivity contribution in [1.29, 1.82) is 0 Å². The van der Waals surface area contributed by atoms with Gasteiger partial charge < -0.3 is 16.0 Å². The van der Waals surface area contributed by atoms with Gasteiger partial charge in [-0.3, -0.25) is 4.79 Å². The van der Waals surface area contributed by atoms with Crippen LogP contribution in [0.3, 0.4) is 0 Å². The summed E-state index contributed by atoms with van der Waals surface area (Å²) in [4.78, 5) is 23.5. The van der Waals surface area contributed by atoms with E-state index in [1.54, 1.807) is 24.3 Å². The van der Waals surface area contributed by atoms with Crippen LogP contribution in [0, 0.1) is 0 Å². The molecular formula is C16H23N3O2. The van der Waals surface area contributed by atoms with E-state index in [2.05, 4.69) is 16.0 Å². The van der Waals surface area contributed by atoms with Crippen LogP contribution in [0.15, 0.2) is 24.3 Å². The van der Waals surface area contributed by atoms with Gasteiger partial charge in [-0.15, -0.1) is 0 Å². The molecule has 0 saturated heterocycles. The third-order valence-corrected chi connectivity index (χ3v) is 3.68. The fourth-order valence-electron chi connectivity index (χ4n) is 2.57. The molecule has 1 saturated carbocycles. The lowest BCUT2D eigenvalue weighted by atomic mass is 9.96. The van der Waals surface area contributed by atoms with Crippen LogP contribution in [-0.2, 0) is 0 Å². The Morgan fingerprint density at radius 1 is 1.10 bits per heavy atom. The summed E-state index contributed by atoms with van der Waals surface area (Å²) >= 11 is 0. The molecule has 0 radical (unpaired) electrons. The van der Waals surface area contributed by atoms with Gasteiger partial charge in [0.05, 0.1) is 0 Å². The van der Waals surface area contributed by atoms with Crippen molar-refractivity contribution in [2.75, 3.05) is 11.9 Å². The Morgan fingerprint density at radius 2 is 1.76 bits per heavy atom. The Bertz CT molecular complexity index is 479. The maximum Gasteiger partial charge on any atom is 0.319 e. The molecule has 0 aromatic heterocycles. The van der Waals surface area contributed by atoms with E-state index in [1.165, 1.54) is 19.3 Å². The van der Waals surface area contributed by atoms with Crippen LogP contribution in [-0.4, -0.2) is 24.5 Å². The van der Waals surface area contributed by atoms with E-state index in [1.807, 2.05) is 6.92 Å². The minimum Gasteiger partial charge on any atom is -0.352 e. The van der Waals surface area contributed by atoms with Crippen molar-refractivity contribution in [3.05, 3.63) is 29.8 Å². The minimum atomic E-state index is -0.173. The summed E-state index contributed by atoms with van der Waals surface area (Å²) in [6, 6.07) is 7.01. The average Bonchev–Trinajstić information content (AvgIpc) is 2.49. The van der Waals surface area contributed by atoms with Gasteiger partial charge in [0.25, 0.3) is 5.91 Å². The Balaban J connectivity index is 1.84. The number of nitrogens with one attached hydrogen (secondary N) is 3. The third-order valence-electron chi connectivity index (χ3n) is 3.68. The van der Waals surface area contributed by atoms with Crippen molar-refractivity contribution >= 4 is 17.6 Å². The zero-order valence-electron chi connectivity index (χ0n) is 12.4. The Kier molecular flexibility index (Phi) is 5.60. The lowest BCUT2D eigenvalue weighted by Gasteiger charge is -2.22. The van der Waals surface area contributed by atoms with Crippen LogP contribution >= 0.6 is 0 Å². The lowest BCUT2D eigenvalue weighted by Crippen LogP contribution is -2.39. The van der Waals surface area contributed by atoms with Gasteiger partial charge in [0.15, 0.2) is 0 Å². The normalized spacial score (nSPS) is 15.3. The largest absolute Gasteiger partial charge is 0.352 e. The van der Waals surface area contributed by atoms with Crippen molar-refractivity contribution in [3.63, 3.8) is 0 Å². The number of anilines is 1. The van der Waals surface area contributed by atoms with E-state index >= 15 is 0 Å². The first-order valence-electron chi connectivity index (χ1n) is 7.65. The number of rotatable bonds is 4. The monoisotopic (exact) mass is 289 g/mol. The van der Waals surface area contributed by atoms with Crippen molar-refractivity contribution in [2.24, 2.45) is 0 Å². The zero-order valence-corrected chi connectivity index (χ0v) is 12.4. The molecule has 0 heterocycles. The molecule has 1 aliphatic carbocycles. The second-order valence-corrected chi connectivity index (χ2v) is 5.37.